The molecular weight excluding hydrogens is 240 g/mol. The third-order valence-corrected chi connectivity index (χ3v) is 2.57. The highest BCUT2D eigenvalue weighted by molar-refractivity contribution is 7.08. The van der Waals surface area contributed by atoms with Crippen LogP contribution in [0.1, 0.15) is 37.4 Å². The molecule has 1 atom stereocenters. The first-order valence-electron chi connectivity index (χ1n) is 5.24. The van der Waals surface area contributed by atoms with E-state index in [0.29, 0.717) is 4.88 Å². The molecule has 0 aromatic carbocycles. The highest BCUT2D eigenvalue weighted by atomic mass is 32.1. The summed E-state index contributed by atoms with van der Waals surface area (Å²) in [5, 5.41) is 2.49. The molecule has 0 spiro atoms. The second kappa shape index (κ2) is 5.27. The van der Waals surface area contributed by atoms with Gasteiger partial charge in [-0.2, -0.15) is 0 Å². The van der Waals surface area contributed by atoms with Gasteiger partial charge in [-0.15, -0.1) is 0 Å². The molecule has 0 bridgehead atoms. The van der Waals surface area contributed by atoms with Crippen LogP contribution >= 0.6 is 11.5 Å². The molecule has 1 heterocycles. The molecule has 1 rings (SSSR count). The van der Waals surface area contributed by atoms with E-state index in [1.165, 1.54) is 0 Å². The van der Waals surface area contributed by atoms with Gasteiger partial charge in [-0.25, -0.2) is 9.17 Å². The molecule has 17 heavy (non-hydrogen) atoms. The van der Waals surface area contributed by atoms with E-state index >= 15 is 0 Å². The highest BCUT2D eigenvalue weighted by Gasteiger charge is 2.22. The van der Waals surface area contributed by atoms with Crippen LogP contribution in [0, 0.1) is 0 Å². The number of hydrogen-bond donors (Lipinski definition) is 1. The third kappa shape index (κ3) is 4.52. The minimum atomic E-state index is -0.620. The number of nitrogens with one attached hydrogen (secondary N) is 1. The molecule has 6 heteroatoms. The molecule has 1 aromatic heterocycles. The van der Waals surface area contributed by atoms with Crippen molar-refractivity contribution in [1.82, 2.24) is 9.69 Å². The molecule has 94 valence electrons. The Morgan fingerprint density at radius 3 is 2.59 bits per heavy atom. The second-order valence-electron chi connectivity index (χ2n) is 4.61. The topological polar surface area (TPSA) is 68.3 Å². The molecule has 1 N–H and O–H groups in total. The Morgan fingerprint density at radius 2 is 2.12 bits per heavy atom. The molecular formula is C11H16N2O3S. The van der Waals surface area contributed by atoms with E-state index < -0.39 is 17.7 Å². The normalized spacial score (nSPS) is 12.9. The van der Waals surface area contributed by atoms with Crippen LogP contribution in [-0.2, 0) is 4.74 Å². The lowest BCUT2D eigenvalue weighted by Crippen LogP contribution is -2.41. The summed E-state index contributed by atoms with van der Waals surface area (Å²) in [7, 11) is 0. The largest absolute Gasteiger partial charge is 0.444 e. The molecule has 0 fully saturated rings. The highest BCUT2D eigenvalue weighted by Crippen LogP contribution is 2.10. The SMILES string of the molecule is C[C@@H](NC(=O)OC(C)(C)C)C(=O)c1ccns1. The Hall–Kier alpha value is -1.43. The van der Waals surface area contributed by atoms with E-state index in [9.17, 15) is 9.59 Å². The van der Waals surface area contributed by atoms with E-state index in [2.05, 4.69) is 9.69 Å². The number of hydrogen-bond acceptors (Lipinski definition) is 5. The van der Waals surface area contributed by atoms with Gasteiger partial charge in [-0.05, 0) is 45.3 Å². The van der Waals surface area contributed by atoms with Gasteiger partial charge in [-0.3, -0.25) is 4.79 Å². The third-order valence-electron chi connectivity index (χ3n) is 1.81. The fourth-order valence-corrected chi connectivity index (χ4v) is 1.73. The first kappa shape index (κ1) is 13.6. The molecule has 0 unspecified atom stereocenters. The second-order valence-corrected chi connectivity index (χ2v) is 5.44. The van der Waals surface area contributed by atoms with Crippen molar-refractivity contribution in [3.63, 3.8) is 0 Å². The average Bonchev–Trinajstić information content (AvgIpc) is 2.65. The van der Waals surface area contributed by atoms with Crippen LogP contribution in [0.2, 0.25) is 0 Å². The molecule has 0 saturated heterocycles. The smallest absolute Gasteiger partial charge is 0.408 e. The van der Waals surface area contributed by atoms with E-state index in [4.69, 9.17) is 4.74 Å². The number of aromatic nitrogens is 1. The molecule has 0 aliphatic rings. The number of Topliss-reactive ketones (excluding diaryl/α,β-unsaturated/α-hetero) is 1. The van der Waals surface area contributed by atoms with Crippen LogP contribution in [0.4, 0.5) is 4.79 Å². The maximum absolute atomic E-state index is 11.8. The molecule has 1 aromatic rings. The van der Waals surface area contributed by atoms with Crippen molar-refractivity contribution < 1.29 is 14.3 Å². The van der Waals surface area contributed by atoms with Gasteiger partial charge in [-0.1, -0.05) is 0 Å². The van der Waals surface area contributed by atoms with Crippen molar-refractivity contribution in [1.29, 1.82) is 0 Å². The zero-order valence-corrected chi connectivity index (χ0v) is 11.1. The van der Waals surface area contributed by atoms with E-state index in [-0.39, 0.29) is 5.78 Å². The lowest BCUT2D eigenvalue weighted by molar-refractivity contribution is 0.0497. The molecule has 0 aliphatic heterocycles. The summed E-state index contributed by atoms with van der Waals surface area (Å²) in [6, 6.07) is 1.01. The number of alkyl carbamates (subject to hydrolysis) is 1. The van der Waals surface area contributed by atoms with Crippen LogP contribution in [0.25, 0.3) is 0 Å². The standard InChI is InChI=1S/C11H16N2O3S/c1-7(9(14)8-5-6-12-17-8)13-10(15)16-11(2,3)4/h5-7H,1-4H3,(H,13,15)/t7-/m1/s1. The van der Waals surface area contributed by atoms with Crippen LogP contribution in [-0.4, -0.2) is 27.9 Å². The van der Waals surface area contributed by atoms with Crippen LogP contribution < -0.4 is 5.32 Å². The summed E-state index contributed by atoms with van der Waals surface area (Å²) in [5.74, 6) is -0.168. The first-order valence-corrected chi connectivity index (χ1v) is 6.01. The van der Waals surface area contributed by atoms with Gasteiger partial charge in [0.2, 0.25) is 0 Å². The number of rotatable bonds is 3. The Bertz CT molecular complexity index is 395. The van der Waals surface area contributed by atoms with Crippen molar-refractivity contribution in [2.24, 2.45) is 0 Å². The summed E-state index contributed by atoms with van der Waals surface area (Å²) >= 11 is 1.11. The summed E-state index contributed by atoms with van der Waals surface area (Å²) < 4.78 is 8.90. The van der Waals surface area contributed by atoms with E-state index in [0.717, 1.165) is 11.5 Å². The Balaban J connectivity index is 2.52. The van der Waals surface area contributed by atoms with Crippen LogP contribution in [0.15, 0.2) is 12.3 Å². The number of carbonyl (C=O) groups is 2. The quantitative estimate of drug-likeness (QED) is 0.842. The number of ether oxygens (including phenoxy) is 1. The van der Waals surface area contributed by atoms with Crippen molar-refractivity contribution in [3.05, 3.63) is 17.1 Å². The lowest BCUT2D eigenvalue weighted by atomic mass is 10.2. The predicted molar refractivity (Wildman–Crippen MR) is 65.3 cm³/mol. The fraction of sp³-hybridized carbons (Fsp3) is 0.545. The van der Waals surface area contributed by atoms with Crippen molar-refractivity contribution in [3.8, 4) is 0 Å². The van der Waals surface area contributed by atoms with Gasteiger partial charge in [0.1, 0.15) is 5.60 Å². The molecule has 0 radical (unpaired) electrons. The number of ketones is 1. The summed E-state index contributed by atoms with van der Waals surface area (Å²) in [6.07, 6.45) is 0.959. The van der Waals surface area contributed by atoms with Crippen LogP contribution in [0.5, 0.6) is 0 Å². The molecule has 0 saturated carbocycles. The van der Waals surface area contributed by atoms with E-state index in [1.807, 2.05) is 0 Å². The van der Waals surface area contributed by atoms with Gasteiger partial charge in [0.05, 0.1) is 10.9 Å². The van der Waals surface area contributed by atoms with Gasteiger partial charge in [0.25, 0.3) is 0 Å². The number of amides is 1. The minimum absolute atomic E-state index is 0.168. The Labute approximate surface area is 104 Å². The summed E-state index contributed by atoms with van der Waals surface area (Å²) in [6.45, 7) is 6.92. The van der Waals surface area contributed by atoms with Gasteiger partial charge < -0.3 is 10.1 Å². The monoisotopic (exact) mass is 256 g/mol. The lowest BCUT2D eigenvalue weighted by Gasteiger charge is -2.21. The average molecular weight is 256 g/mol. The maximum atomic E-state index is 11.8. The predicted octanol–water partition coefficient (Wildman–Crippen LogP) is 2.24. The van der Waals surface area contributed by atoms with Crippen molar-refractivity contribution in [2.75, 3.05) is 0 Å². The molecule has 1 amide bonds. The summed E-state index contributed by atoms with van der Waals surface area (Å²) in [5.41, 5.74) is -0.572. The number of carbonyl (C=O) groups excluding carboxylic acids is 2. The van der Waals surface area contributed by atoms with Gasteiger partial charge >= 0.3 is 6.09 Å². The molecule has 5 nitrogen and oxygen atoms in total. The maximum Gasteiger partial charge on any atom is 0.408 e. The fourth-order valence-electron chi connectivity index (χ4n) is 1.11. The summed E-state index contributed by atoms with van der Waals surface area (Å²) in [4.78, 5) is 23.8. The van der Waals surface area contributed by atoms with Crippen molar-refractivity contribution >= 4 is 23.4 Å². The molecule has 0 aliphatic carbocycles. The van der Waals surface area contributed by atoms with Crippen molar-refractivity contribution in [2.45, 2.75) is 39.3 Å². The Kier molecular flexibility index (Phi) is 4.22. The van der Waals surface area contributed by atoms with Crippen LogP contribution in [0.3, 0.4) is 0 Å². The Morgan fingerprint density at radius 1 is 1.47 bits per heavy atom. The zero-order valence-electron chi connectivity index (χ0n) is 10.3. The number of nitrogens with zero attached hydrogens (tertiary/aromatic N) is 1. The van der Waals surface area contributed by atoms with Gasteiger partial charge in [0.15, 0.2) is 5.78 Å². The minimum Gasteiger partial charge on any atom is -0.444 e. The first-order chi connectivity index (χ1) is 7.79. The van der Waals surface area contributed by atoms with Gasteiger partial charge in [0, 0.05) is 6.20 Å². The zero-order chi connectivity index (χ0) is 13.1. The van der Waals surface area contributed by atoms with E-state index in [1.54, 1.807) is 40.0 Å².